The van der Waals surface area contributed by atoms with Crippen LogP contribution in [-0.4, -0.2) is 37.8 Å². The zero-order chi connectivity index (χ0) is 15.2. The van der Waals surface area contributed by atoms with Crippen LogP contribution in [0.1, 0.15) is 29.8 Å². The molecule has 7 nitrogen and oxygen atoms in total. The minimum absolute atomic E-state index is 0.0544. The molecule has 1 heterocycles. The van der Waals surface area contributed by atoms with Crippen LogP contribution in [0.15, 0.2) is 24.3 Å². The molecular weight excluding hydrogens is 278 g/mol. The minimum atomic E-state index is -0.573. The van der Waals surface area contributed by atoms with Crippen LogP contribution in [-0.2, 0) is 19.0 Å². The minimum Gasteiger partial charge on any atom is -0.469 e. The molecule has 7 heteroatoms. The highest BCUT2D eigenvalue weighted by Gasteiger charge is 2.28. The van der Waals surface area contributed by atoms with E-state index in [2.05, 4.69) is 4.74 Å². The Labute approximate surface area is 122 Å². The first-order chi connectivity index (χ1) is 10.1. The number of benzene rings is 1. The van der Waals surface area contributed by atoms with E-state index in [4.69, 9.17) is 9.47 Å². The number of carbonyl (C=O) groups excluding carboxylic acids is 1. The van der Waals surface area contributed by atoms with Gasteiger partial charge in [-0.3, -0.25) is 14.9 Å². The van der Waals surface area contributed by atoms with Gasteiger partial charge in [0.05, 0.1) is 32.7 Å². The summed E-state index contributed by atoms with van der Waals surface area (Å²) in [5.74, 6) is -1.05. The van der Waals surface area contributed by atoms with E-state index < -0.39 is 23.1 Å². The first-order valence-electron chi connectivity index (χ1n) is 6.62. The summed E-state index contributed by atoms with van der Waals surface area (Å²) in [6.07, 6.45) is -0.589. The van der Waals surface area contributed by atoms with Gasteiger partial charge in [0.1, 0.15) is 0 Å². The highest BCUT2D eigenvalue weighted by molar-refractivity contribution is 5.70. The van der Waals surface area contributed by atoms with Crippen molar-refractivity contribution in [3.63, 3.8) is 0 Å². The van der Waals surface area contributed by atoms with Crippen LogP contribution < -0.4 is 0 Å². The van der Waals surface area contributed by atoms with Crippen molar-refractivity contribution in [2.24, 2.45) is 0 Å². The van der Waals surface area contributed by atoms with Gasteiger partial charge in [-0.25, -0.2) is 0 Å². The second kappa shape index (κ2) is 7.14. The van der Waals surface area contributed by atoms with Gasteiger partial charge in [-0.1, -0.05) is 24.3 Å². The third kappa shape index (κ3) is 3.99. The number of methoxy groups -OCH3 is 1. The lowest BCUT2D eigenvalue weighted by Gasteiger charge is -2.19. The molecule has 1 aromatic rings. The van der Waals surface area contributed by atoms with Crippen molar-refractivity contribution in [2.75, 3.05) is 26.9 Å². The van der Waals surface area contributed by atoms with E-state index in [1.807, 2.05) is 6.07 Å². The van der Waals surface area contributed by atoms with Crippen molar-refractivity contribution in [1.82, 2.24) is 0 Å². The van der Waals surface area contributed by atoms with Crippen molar-refractivity contribution in [1.29, 1.82) is 0 Å². The molecule has 1 aliphatic rings. The molecule has 21 heavy (non-hydrogen) atoms. The van der Waals surface area contributed by atoms with E-state index in [0.29, 0.717) is 18.8 Å². The van der Waals surface area contributed by atoms with E-state index >= 15 is 0 Å². The molecule has 1 saturated heterocycles. The van der Waals surface area contributed by atoms with E-state index in [0.717, 1.165) is 5.56 Å². The van der Waals surface area contributed by atoms with Crippen molar-refractivity contribution < 1.29 is 23.9 Å². The highest BCUT2D eigenvalue weighted by atomic mass is 16.7. The lowest BCUT2D eigenvalue weighted by molar-refractivity contribution is -0.483. The van der Waals surface area contributed by atoms with Crippen LogP contribution in [0.25, 0.3) is 0 Å². The molecule has 0 radical (unpaired) electrons. The standard InChI is InChI=1S/C14H17NO6/c1-19-13(16)8-10(9-15(17)18)11-4-2-3-5-12(11)14-20-6-7-21-14/h2-5,10,14H,6-9H2,1H3. The predicted molar refractivity (Wildman–Crippen MR) is 72.3 cm³/mol. The molecule has 0 saturated carbocycles. The summed E-state index contributed by atoms with van der Waals surface area (Å²) in [5.41, 5.74) is 1.41. The largest absolute Gasteiger partial charge is 0.469 e. The number of nitrogens with zero attached hydrogens (tertiary/aromatic N) is 1. The molecule has 0 N–H and O–H groups in total. The number of nitro groups is 1. The Hall–Kier alpha value is -1.99. The normalized spacial score (nSPS) is 16.6. The lowest BCUT2D eigenvalue weighted by Crippen LogP contribution is -2.19. The fraction of sp³-hybridized carbons (Fsp3) is 0.500. The van der Waals surface area contributed by atoms with Gasteiger partial charge >= 0.3 is 5.97 Å². The van der Waals surface area contributed by atoms with Gasteiger partial charge in [0.2, 0.25) is 6.54 Å². The van der Waals surface area contributed by atoms with Crippen molar-refractivity contribution in [2.45, 2.75) is 18.6 Å². The number of hydrogen-bond acceptors (Lipinski definition) is 6. The van der Waals surface area contributed by atoms with Crippen LogP contribution in [0, 0.1) is 10.1 Å². The quantitative estimate of drug-likeness (QED) is 0.450. The summed E-state index contributed by atoms with van der Waals surface area (Å²) in [4.78, 5) is 21.9. The monoisotopic (exact) mass is 295 g/mol. The summed E-state index contributed by atoms with van der Waals surface area (Å²) in [5, 5.41) is 10.9. The average molecular weight is 295 g/mol. The molecule has 1 unspecified atom stereocenters. The summed E-state index contributed by atoms with van der Waals surface area (Å²) >= 11 is 0. The van der Waals surface area contributed by atoms with Gasteiger partial charge in [-0.05, 0) is 5.56 Å². The summed E-state index contributed by atoms with van der Waals surface area (Å²) in [7, 11) is 1.26. The smallest absolute Gasteiger partial charge is 0.306 e. The molecule has 2 rings (SSSR count). The number of ether oxygens (including phenoxy) is 3. The fourth-order valence-corrected chi connectivity index (χ4v) is 2.37. The topological polar surface area (TPSA) is 87.9 Å². The van der Waals surface area contributed by atoms with Crippen LogP contribution in [0.2, 0.25) is 0 Å². The first kappa shape index (κ1) is 15.4. The zero-order valence-electron chi connectivity index (χ0n) is 11.7. The van der Waals surface area contributed by atoms with Crippen molar-refractivity contribution in [3.8, 4) is 0 Å². The van der Waals surface area contributed by atoms with Crippen LogP contribution in [0.5, 0.6) is 0 Å². The van der Waals surface area contributed by atoms with Gasteiger partial charge in [0.15, 0.2) is 6.29 Å². The Morgan fingerprint density at radius 3 is 2.71 bits per heavy atom. The van der Waals surface area contributed by atoms with Gasteiger partial charge in [0.25, 0.3) is 0 Å². The molecule has 1 aromatic carbocycles. The molecule has 1 aliphatic heterocycles. The molecule has 0 aliphatic carbocycles. The Kier molecular flexibility index (Phi) is 5.24. The van der Waals surface area contributed by atoms with Crippen LogP contribution >= 0.6 is 0 Å². The van der Waals surface area contributed by atoms with Gasteiger partial charge < -0.3 is 14.2 Å². The van der Waals surface area contributed by atoms with E-state index in [1.165, 1.54) is 7.11 Å². The van der Waals surface area contributed by atoms with E-state index in [9.17, 15) is 14.9 Å². The molecule has 0 amide bonds. The molecule has 1 atom stereocenters. The summed E-state index contributed by atoms with van der Waals surface area (Å²) in [6.45, 7) is 0.616. The maximum atomic E-state index is 11.5. The molecular formula is C14H17NO6. The van der Waals surface area contributed by atoms with E-state index in [-0.39, 0.29) is 13.0 Å². The lowest BCUT2D eigenvalue weighted by atomic mass is 9.91. The third-order valence-electron chi connectivity index (χ3n) is 3.32. The second-order valence-corrected chi connectivity index (χ2v) is 4.69. The Bertz CT molecular complexity index is 512. The Morgan fingerprint density at radius 2 is 2.10 bits per heavy atom. The van der Waals surface area contributed by atoms with Gasteiger partial charge in [-0.15, -0.1) is 0 Å². The summed E-state index contributed by atoms with van der Waals surface area (Å²) < 4.78 is 15.5. The van der Waals surface area contributed by atoms with E-state index in [1.54, 1.807) is 18.2 Å². The SMILES string of the molecule is COC(=O)CC(C[N+](=O)[O-])c1ccccc1C1OCCO1. The first-order valence-corrected chi connectivity index (χ1v) is 6.62. The van der Waals surface area contributed by atoms with Crippen LogP contribution in [0.3, 0.4) is 0 Å². The Balaban J connectivity index is 2.29. The number of carbonyl (C=O) groups is 1. The van der Waals surface area contributed by atoms with Gasteiger partial charge in [-0.2, -0.15) is 0 Å². The van der Waals surface area contributed by atoms with Gasteiger partial charge in [0, 0.05) is 10.5 Å². The second-order valence-electron chi connectivity index (χ2n) is 4.69. The number of hydrogen-bond donors (Lipinski definition) is 0. The summed E-state index contributed by atoms with van der Waals surface area (Å²) in [6, 6.07) is 7.15. The predicted octanol–water partition coefficient (Wildman–Crippen LogP) is 1.66. The fourth-order valence-electron chi connectivity index (χ4n) is 2.37. The number of esters is 1. The molecule has 114 valence electrons. The maximum absolute atomic E-state index is 11.5. The third-order valence-corrected chi connectivity index (χ3v) is 3.32. The zero-order valence-corrected chi connectivity index (χ0v) is 11.7. The number of rotatable bonds is 6. The van der Waals surface area contributed by atoms with Crippen LogP contribution in [0.4, 0.5) is 0 Å². The van der Waals surface area contributed by atoms with Crippen molar-refractivity contribution >= 4 is 5.97 Å². The molecule has 0 spiro atoms. The maximum Gasteiger partial charge on any atom is 0.306 e. The Morgan fingerprint density at radius 1 is 1.43 bits per heavy atom. The molecule has 1 fully saturated rings. The van der Waals surface area contributed by atoms with Crippen molar-refractivity contribution in [3.05, 3.63) is 45.5 Å². The molecule has 0 aromatic heterocycles. The highest BCUT2D eigenvalue weighted by Crippen LogP contribution is 2.32. The molecule has 0 bridgehead atoms. The average Bonchev–Trinajstić information content (AvgIpc) is 3.00.